The van der Waals surface area contributed by atoms with Crippen LogP contribution < -0.4 is 14.8 Å². The summed E-state index contributed by atoms with van der Waals surface area (Å²) in [6.45, 7) is 3.71. The van der Waals surface area contributed by atoms with Gasteiger partial charge in [-0.15, -0.1) is 0 Å². The van der Waals surface area contributed by atoms with Crippen LogP contribution in [-0.2, 0) is 22.4 Å². The maximum Gasteiger partial charge on any atom is 0.251 e. The number of benzene rings is 3. The van der Waals surface area contributed by atoms with E-state index >= 15 is 0 Å². The quantitative estimate of drug-likeness (QED) is 0.346. The zero-order valence-electron chi connectivity index (χ0n) is 21.2. The second-order valence-corrected chi connectivity index (χ2v) is 8.90. The third-order valence-electron chi connectivity index (χ3n) is 6.15. The lowest BCUT2D eigenvalue weighted by Gasteiger charge is -2.23. The molecule has 0 saturated carbocycles. The van der Waals surface area contributed by atoms with Gasteiger partial charge in [0, 0.05) is 31.6 Å². The lowest BCUT2D eigenvalue weighted by atomic mass is 9.91. The maximum absolute atomic E-state index is 13.6. The molecule has 194 valence electrons. The van der Waals surface area contributed by atoms with Crippen molar-refractivity contribution >= 4 is 11.8 Å². The van der Waals surface area contributed by atoms with Crippen LogP contribution in [-0.4, -0.2) is 55.4 Å². The number of nitrogens with zero attached hydrogens (tertiary/aromatic N) is 1. The number of aliphatic hydroxyl groups is 1. The lowest BCUT2D eigenvalue weighted by Crippen LogP contribution is -2.49. The van der Waals surface area contributed by atoms with E-state index in [1.807, 2.05) is 85.8 Å². The number of aliphatic imine (C=N–C) groups is 1. The zero-order chi connectivity index (χ0) is 25.9. The second kappa shape index (κ2) is 12.9. The third-order valence-corrected chi connectivity index (χ3v) is 6.15. The smallest absolute Gasteiger partial charge is 0.251 e. The molecule has 7 nitrogen and oxygen atoms in total. The molecule has 3 aromatic rings. The molecule has 0 fully saturated rings. The van der Waals surface area contributed by atoms with E-state index in [1.165, 1.54) is 0 Å². The van der Waals surface area contributed by atoms with Crippen molar-refractivity contribution in [2.75, 3.05) is 33.0 Å². The van der Waals surface area contributed by atoms with Gasteiger partial charge in [-0.3, -0.25) is 4.79 Å². The fraction of sp³-hybridized carbons (Fsp3) is 0.333. The van der Waals surface area contributed by atoms with Gasteiger partial charge in [-0.1, -0.05) is 48.5 Å². The Balaban J connectivity index is 1.49. The summed E-state index contributed by atoms with van der Waals surface area (Å²) in [7, 11) is 0. The maximum atomic E-state index is 13.6. The van der Waals surface area contributed by atoms with Gasteiger partial charge in [0.05, 0.1) is 13.2 Å². The highest BCUT2D eigenvalue weighted by atomic mass is 16.5. The van der Waals surface area contributed by atoms with Crippen LogP contribution in [0.25, 0.3) is 0 Å². The molecular formula is C30H34N2O5. The molecule has 7 heteroatoms. The van der Waals surface area contributed by atoms with Crippen molar-refractivity contribution in [3.8, 4) is 11.5 Å². The molecule has 0 saturated heterocycles. The van der Waals surface area contributed by atoms with Crippen LogP contribution in [0.1, 0.15) is 30.0 Å². The molecule has 1 amide bonds. The van der Waals surface area contributed by atoms with Gasteiger partial charge >= 0.3 is 0 Å². The van der Waals surface area contributed by atoms with E-state index in [-0.39, 0.29) is 19.1 Å². The van der Waals surface area contributed by atoms with Gasteiger partial charge in [-0.2, -0.15) is 0 Å². The highest BCUT2D eigenvalue weighted by Crippen LogP contribution is 2.28. The molecular weight excluding hydrogens is 468 g/mol. The molecule has 1 aliphatic rings. The minimum atomic E-state index is -1.06. The first kappa shape index (κ1) is 26.2. The SMILES string of the molecule is CCOc1ccccc1CCNC(=O)[C@@]1(Cc2ccccc2)COC(c2ccc(OCCCO)cc2)=N1. The van der Waals surface area contributed by atoms with Gasteiger partial charge in [0.2, 0.25) is 5.90 Å². The van der Waals surface area contributed by atoms with Gasteiger partial charge in [-0.25, -0.2) is 4.99 Å². The van der Waals surface area contributed by atoms with Crippen molar-refractivity contribution in [2.45, 2.75) is 31.7 Å². The molecule has 37 heavy (non-hydrogen) atoms. The predicted octanol–water partition coefficient (Wildman–Crippen LogP) is 3.96. The summed E-state index contributed by atoms with van der Waals surface area (Å²) in [6.07, 6.45) is 1.66. The number of hydrogen-bond acceptors (Lipinski definition) is 6. The Morgan fingerprint density at radius 1 is 1.03 bits per heavy atom. The first-order valence-corrected chi connectivity index (χ1v) is 12.7. The van der Waals surface area contributed by atoms with Gasteiger partial charge in [0.25, 0.3) is 5.91 Å². The minimum Gasteiger partial charge on any atom is -0.494 e. The molecule has 0 unspecified atom stereocenters. The Kier molecular flexibility index (Phi) is 9.16. The Morgan fingerprint density at radius 2 is 1.78 bits per heavy atom. The summed E-state index contributed by atoms with van der Waals surface area (Å²) >= 11 is 0. The molecule has 1 atom stereocenters. The Labute approximate surface area is 218 Å². The molecule has 0 radical (unpaired) electrons. The molecule has 0 aromatic heterocycles. The summed E-state index contributed by atoms with van der Waals surface area (Å²) in [5.74, 6) is 1.82. The number of para-hydroxylation sites is 1. The molecule has 1 heterocycles. The van der Waals surface area contributed by atoms with Crippen LogP contribution in [0, 0.1) is 0 Å². The number of ether oxygens (including phenoxy) is 3. The van der Waals surface area contributed by atoms with Crippen molar-refractivity contribution in [3.63, 3.8) is 0 Å². The van der Waals surface area contributed by atoms with Gasteiger partial charge in [0.15, 0.2) is 5.54 Å². The first-order chi connectivity index (χ1) is 18.1. The number of rotatable bonds is 13. The summed E-state index contributed by atoms with van der Waals surface area (Å²) in [5, 5.41) is 12.0. The van der Waals surface area contributed by atoms with E-state index in [2.05, 4.69) is 5.32 Å². The first-order valence-electron chi connectivity index (χ1n) is 12.7. The van der Waals surface area contributed by atoms with E-state index in [4.69, 9.17) is 24.3 Å². The topological polar surface area (TPSA) is 89.4 Å². The van der Waals surface area contributed by atoms with Crippen LogP contribution in [0.2, 0.25) is 0 Å². The van der Waals surface area contributed by atoms with E-state index in [9.17, 15) is 4.79 Å². The standard InChI is InChI=1S/C30H34N2O5/c1-2-35-27-12-7-6-11-24(27)17-18-31-29(34)30(21-23-9-4-3-5-10-23)22-37-28(32-30)25-13-15-26(16-14-25)36-20-8-19-33/h3-7,9-16,33H,2,8,17-22H2,1H3,(H,31,34)/t30-/m1/s1. The average Bonchev–Trinajstić information content (AvgIpc) is 3.36. The van der Waals surface area contributed by atoms with Crippen molar-refractivity contribution in [1.82, 2.24) is 5.32 Å². The average molecular weight is 503 g/mol. The Morgan fingerprint density at radius 3 is 2.54 bits per heavy atom. The highest BCUT2D eigenvalue weighted by Gasteiger charge is 2.44. The van der Waals surface area contributed by atoms with Crippen molar-refractivity contribution in [2.24, 2.45) is 4.99 Å². The van der Waals surface area contributed by atoms with Gasteiger partial charge in [0.1, 0.15) is 18.1 Å². The fourth-order valence-corrected chi connectivity index (χ4v) is 4.25. The number of carbonyl (C=O) groups is 1. The highest BCUT2D eigenvalue weighted by molar-refractivity contribution is 6.00. The molecule has 4 rings (SSSR count). The zero-order valence-corrected chi connectivity index (χ0v) is 21.2. The van der Waals surface area contributed by atoms with Crippen LogP contribution >= 0.6 is 0 Å². The largest absolute Gasteiger partial charge is 0.494 e. The third kappa shape index (κ3) is 6.89. The molecule has 3 aromatic carbocycles. The minimum absolute atomic E-state index is 0.0906. The summed E-state index contributed by atoms with van der Waals surface area (Å²) in [4.78, 5) is 18.4. The summed E-state index contributed by atoms with van der Waals surface area (Å²) < 4.78 is 17.3. The van der Waals surface area contributed by atoms with E-state index in [0.717, 1.165) is 22.4 Å². The van der Waals surface area contributed by atoms with Gasteiger partial charge in [-0.05, 0) is 54.8 Å². The Bertz CT molecular complexity index is 1180. The van der Waals surface area contributed by atoms with E-state index < -0.39 is 5.54 Å². The van der Waals surface area contributed by atoms with Crippen LogP contribution in [0.15, 0.2) is 83.9 Å². The Hall–Kier alpha value is -3.84. The summed E-state index contributed by atoms with van der Waals surface area (Å²) in [6, 6.07) is 25.2. The van der Waals surface area contributed by atoms with E-state index in [0.29, 0.717) is 50.7 Å². The number of carbonyl (C=O) groups excluding carboxylic acids is 1. The van der Waals surface area contributed by atoms with Crippen LogP contribution in [0.4, 0.5) is 0 Å². The van der Waals surface area contributed by atoms with Crippen molar-refractivity contribution < 1.29 is 24.1 Å². The van der Waals surface area contributed by atoms with Crippen molar-refractivity contribution in [3.05, 3.63) is 95.6 Å². The van der Waals surface area contributed by atoms with Crippen LogP contribution in [0.3, 0.4) is 0 Å². The monoisotopic (exact) mass is 502 g/mol. The van der Waals surface area contributed by atoms with Crippen molar-refractivity contribution in [1.29, 1.82) is 0 Å². The normalized spacial score (nSPS) is 16.5. The lowest BCUT2D eigenvalue weighted by molar-refractivity contribution is -0.126. The molecule has 0 bridgehead atoms. The number of nitrogens with one attached hydrogen (secondary N) is 1. The van der Waals surface area contributed by atoms with E-state index in [1.54, 1.807) is 0 Å². The molecule has 2 N–H and O–H groups in total. The second-order valence-electron chi connectivity index (χ2n) is 8.90. The molecule has 0 spiro atoms. The molecule has 0 aliphatic carbocycles. The molecule has 1 aliphatic heterocycles. The predicted molar refractivity (Wildman–Crippen MR) is 143 cm³/mol. The van der Waals surface area contributed by atoms with Crippen LogP contribution in [0.5, 0.6) is 11.5 Å². The summed E-state index contributed by atoms with van der Waals surface area (Å²) in [5.41, 5.74) is 1.78. The van der Waals surface area contributed by atoms with Gasteiger partial charge < -0.3 is 24.6 Å². The fourth-order valence-electron chi connectivity index (χ4n) is 4.25. The number of hydrogen-bond donors (Lipinski definition) is 2. The number of amides is 1. The number of aliphatic hydroxyl groups excluding tert-OH is 1.